The topological polar surface area (TPSA) is 81.2 Å². The highest BCUT2D eigenvalue weighted by molar-refractivity contribution is 6.05. The number of fused-ring (bicyclic) bond motifs is 1. The predicted molar refractivity (Wildman–Crippen MR) is 103 cm³/mol. The van der Waals surface area contributed by atoms with Crippen LogP contribution in [0.2, 0.25) is 0 Å². The van der Waals surface area contributed by atoms with E-state index in [0.29, 0.717) is 33.5 Å². The quantitative estimate of drug-likeness (QED) is 0.549. The van der Waals surface area contributed by atoms with Gasteiger partial charge in [-0.2, -0.15) is 0 Å². The van der Waals surface area contributed by atoms with Gasteiger partial charge in [0.2, 0.25) is 0 Å². The second-order valence-corrected chi connectivity index (χ2v) is 5.62. The van der Waals surface area contributed by atoms with Gasteiger partial charge in [-0.25, -0.2) is 14.8 Å². The lowest BCUT2D eigenvalue weighted by atomic mass is 10.1. The maximum atomic E-state index is 12.1. The van der Waals surface area contributed by atoms with E-state index in [1.54, 1.807) is 18.2 Å². The van der Waals surface area contributed by atoms with Crippen molar-refractivity contribution in [3.63, 3.8) is 0 Å². The minimum atomic E-state index is -0.500. The number of rotatable bonds is 4. The van der Waals surface area contributed by atoms with E-state index in [2.05, 4.69) is 15.3 Å². The van der Waals surface area contributed by atoms with E-state index in [1.807, 2.05) is 25.1 Å². The molecule has 2 aromatic heterocycles. The highest BCUT2D eigenvalue weighted by atomic mass is 35.5. The molecule has 0 aliphatic carbocycles. The lowest BCUT2D eigenvalue weighted by molar-refractivity contribution is 0.0601. The molecule has 0 aliphatic heterocycles. The Labute approximate surface area is 157 Å². The molecule has 0 saturated carbocycles. The van der Waals surface area contributed by atoms with Gasteiger partial charge in [-0.15, -0.1) is 12.4 Å². The van der Waals surface area contributed by atoms with E-state index in [9.17, 15) is 9.59 Å². The number of carbonyl (C=O) groups is 2. The number of pyridine rings is 2. The number of ether oxygens (including phenoxy) is 1. The average molecular weight is 372 g/mol. The Morgan fingerprint density at radius 2 is 1.92 bits per heavy atom. The molecule has 0 saturated heterocycles. The van der Waals surface area contributed by atoms with Gasteiger partial charge in [0.1, 0.15) is 5.56 Å². The van der Waals surface area contributed by atoms with Crippen LogP contribution in [0.5, 0.6) is 0 Å². The monoisotopic (exact) mass is 371 g/mol. The van der Waals surface area contributed by atoms with Gasteiger partial charge in [0.15, 0.2) is 11.4 Å². The van der Waals surface area contributed by atoms with Crippen LogP contribution in [0.4, 0.5) is 11.4 Å². The van der Waals surface area contributed by atoms with Gasteiger partial charge in [0.05, 0.1) is 12.8 Å². The molecular weight excluding hydrogens is 354 g/mol. The highest BCUT2D eigenvalue weighted by Crippen LogP contribution is 2.29. The second-order valence-electron chi connectivity index (χ2n) is 5.62. The van der Waals surface area contributed by atoms with Crippen molar-refractivity contribution in [1.29, 1.82) is 0 Å². The van der Waals surface area contributed by atoms with E-state index in [-0.39, 0.29) is 18.2 Å². The van der Waals surface area contributed by atoms with Crippen molar-refractivity contribution in [2.24, 2.45) is 0 Å². The van der Waals surface area contributed by atoms with Crippen molar-refractivity contribution < 1.29 is 14.3 Å². The first-order valence-corrected chi connectivity index (χ1v) is 7.72. The number of Topliss-reactive ketones (excluding diaryl/α,β-unsaturated/α-hetero) is 1. The van der Waals surface area contributed by atoms with Gasteiger partial charge < -0.3 is 10.1 Å². The molecule has 0 bridgehead atoms. The standard InChI is InChI=1S/C19H17N3O3.ClH/c1-11-7-8-15-17(16(19(24)25-3)10-20-18(15)21-11)22-14-6-4-5-13(9-14)12(2)23;/h4-10H,1-3H3,(H,20,21,22);1H. The molecule has 6 nitrogen and oxygen atoms in total. The molecule has 134 valence electrons. The van der Waals surface area contributed by atoms with Gasteiger partial charge in [-0.3, -0.25) is 4.79 Å². The molecule has 3 rings (SSSR count). The number of hydrogen-bond acceptors (Lipinski definition) is 6. The Balaban J connectivity index is 0.00000243. The average Bonchev–Trinajstić information content (AvgIpc) is 2.61. The zero-order valence-corrected chi connectivity index (χ0v) is 15.4. The normalized spacial score (nSPS) is 10.1. The minimum absolute atomic E-state index is 0. The van der Waals surface area contributed by atoms with Crippen LogP contribution in [0.1, 0.15) is 33.3 Å². The zero-order valence-electron chi connectivity index (χ0n) is 14.6. The Hall–Kier alpha value is -2.99. The van der Waals surface area contributed by atoms with Crippen molar-refractivity contribution in [2.45, 2.75) is 13.8 Å². The van der Waals surface area contributed by atoms with Crippen LogP contribution in [0, 0.1) is 6.92 Å². The maximum Gasteiger partial charge on any atom is 0.341 e. The van der Waals surface area contributed by atoms with Crippen LogP contribution < -0.4 is 5.32 Å². The molecule has 0 fully saturated rings. The van der Waals surface area contributed by atoms with Gasteiger partial charge in [-0.05, 0) is 38.1 Å². The summed E-state index contributed by atoms with van der Waals surface area (Å²) in [4.78, 5) is 32.4. The third-order valence-corrected chi connectivity index (χ3v) is 3.81. The Kier molecular flexibility index (Phi) is 5.90. The van der Waals surface area contributed by atoms with E-state index >= 15 is 0 Å². The van der Waals surface area contributed by atoms with Gasteiger partial charge >= 0.3 is 5.97 Å². The number of esters is 1. The lowest BCUT2D eigenvalue weighted by Crippen LogP contribution is -2.08. The Morgan fingerprint density at radius 1 is 1.15 bits per heavy atom. The number of anilines is 2. The first-order valence-electron chi connectivity index (χ1n) is 7.72. The van der Waals surface area contributed by atoms with Crippen molar-refractivity contribution in [1.82, 2.24) is 9.97 Å². The summed E-state index contributed by atoms with van der Waals surface area (Å²) in [6.45, 7) is 3.38. The molecule has 1 aromatic carbocycles. The highest BCUT2D eigenvalue weighted by Gasteiger charge is 2.17. The summed E-state index contributed by atoms with van der Waals surface area (Å²) in [7, 11) is 1.32. The molecule has 2 heterocycles. The number of benzene rings is 1. The number of hydrogen-bond donors (Lipinski definition) is 1. The third kappa shape index (κ3) is 3.81. The Bertz CT molecular complexity index is 989. The van der Waals surface area contributed by atoms with Crippen LogP contribution >= 0.6 is 12.4 Å². The van der Waals surface area contributed by atoms with E-state index in [1.165, 1.54) is 20.2 Å². The fraction of sp³-hybridized carbons (Fsp3) is 0.158. The molecule has 3 aromatic rings. The van der Waals surface area contributed by atoms with Gasteiger partial charge in [0, 0.05) is 28.5 Å². The number of halogens is 1. The van der Waals surface area contributed by atoms with Crippen LogP contribution in [-0.2, 0) is 4.74 Å². The van der Waals surface area contributed by atoms with Gasteiger partial charge in [-0.1, -0.05) is 12.1 Å². The zero-order chi connectivity index (χ0) is 18.0. The summed E-state index contributed by atoms with van der Waals surface area (Å²) >= 11 is 0. The largest absolute Gasteiger partial charge is 0.465 e. The van der Waals surface area contributed by atoms with Crippen LogP contribution in [-0.4, -0.2) is 28.8 Å². The summed E-state index contributed by atoms with van der Waals surface area (Å²) in [6, 6.07) is 10.8. The number of nitrogens with one attached hydrogen (secondary N) is 1. The SMILES string of the molecule is COC(=O)c1cnc2nc(C)ccc2c1Nc1cccc(C(C)=O)c1.Cl. The smallest absolute Gasteiger partial charge is 0.341 e. The fourth-order valence-electron chi connectivity index (χ4n) is 2.53. The molecule has 0 atom stereocenters. The van der Waals surface area contributed by atoms with Crippen LogP contribution in [0.3, 0.4) is 0 Å². The first kappa shape index (κ1) is 19.3. The molecule has 0 aliphatic rings. The van der Waals surface area contributed by atoms with Crippen molar-refractivity contribution >= 4 is 46.6 Å². The van der Waals surface area contributed by atoms with Crippen molar-refractivity contribution in [3.05, 3.63) is 59.4 Å². The van der Waals surface area contributed by atoms with Gasteiger partial charge in [0.25, 0.3) is 0 Å². The number of ketones is 1. The molecule has 1 N–H and O–H groups in total. The summed E-state index contributed by atoms with van der Waals surface area (Å²) in [5.74, 6) is -0.533. The summed E-state index contributed by atoms with van der Waals surface area (Å²) < 4.78 is 4.86. The molecule has 26 heavy (non-hydrogen) atoms. The van der Waals surface area contributed by atoms with Crippen molar-refractivity contribution in [2.75, 3.05) is 12.4 Å². The number of methoxy groups -OCH3 is 1. The molecule has 0 spiro atoms. The van der Waals surface area contributed by atoms with Crippen molar-refractivity contribution in [3.8, 4) is 0 Å². The first-order chi connectivity index (χ1) is 12.0. The van der Waals surface area contributed by atoms with Crippen LogP contribution in [0.15, 0.2) is 42.6 Å². The minimum Gasteiger partial charge on any atom is -0.465 e. The fourth-order valence-corrected chi connectivity index (χ4v) is 2.53. The molecule has 0 radical (unpaired) electrons. The summed E-state index contributed by atoms with van der Waals surface area (Å²) in [5.41, 5.74) is 3.47. The maximum absolute atomic E-state index is 12.1. The predicted octanol–water partition coefficient (Wildman–Crippen LogP) is 4.09. The van der Waals surface area contributed by atoms with E-state index in [4.69, 9.17) is 4.74 Å². The van der Waals surface area contributed by atoms with E-state index in [0.717, 1.165) is 5.69 Å². The number of aryl methyl sites for hydroxylation is 1. The second kappa shape index (κ2) is 7.93. The number of nitrogens with zero attached hydrogens (tertiary/aromatic N) is 2. The summed E-state index contributed by atoms with van der Waals surface area (Å²) in [6.07, 6.45) is 1.44. The lowest BCUT2D eigenvalue weighted by Gasteiger charge is -2.14. The Morgan fingerprint density at radius 3 is 2.62 bits per heavy atom. The molecule has 0 unspecified atom stereocenters. The van der Waals surface area contributed by atoms with E-state index < -0.39 is 5.97 Å². The summed E-state index contributed by atoms with van der Waals surface area (Å²) in [5, 5.41) is 3.91. The number of aromatic nitrogens is 2. The third-order valence-electron chi connectivity index (χ3n) is 3.81. The molecule has 7 heteroatoms. The molecular formula is C19H18ClN3O3. The van der Waals surface area contributed by atoms with Crippen LogP contribution in [0.25, 0.3) is 11.0 Å². The molecule has 0 amide bonds. The number of carbonyl (C=O) groups excluding carboxylic acids is 2.